The molecule has 2 aromatic carbocycles. The van der Waals surface area contributed by atoms with Crippen molar-refractivity contribution in [2.75, 3.05) is 14.1 Å². The number of hydrogen-bond donors (Lipinski definition) is 1. The number of nitrogens with zero attached hydrogens (tertiary/aromatic N) is 2. The zero-order valence-electron chi connectivity index (χ0n) is 15.8. The molecule has 0 radical (unpaired) electrons. The number of benzene rings is 2. The van der Waals surface area contributed by atoms with Gasteiger partial charge < -0.3 is 15.0 Å². The molecule has 0 aliphatic heterocycles. The van der Waals surface area contributed by atoms with Gasteiger partial charge in [-0.2, -0.15) is 0 Å². The summed E-state index contributed by atoms with van der Waals surface area (Å²) in [6, 6.07) is 19.7. The van der Waals surface area contributed by atoms with E-state index in [0.717, 1.165) is 5.56 Å². The monoisotopic (exact) mass is 375 g/mol. The Morgan fingerprint density at radius 3 is 2.54 bits per heavy atom. The summed E-state index contributed by atoms with van der Waals surface area (Å²) in [6.07, 6.45) is 1.55. The Hall–Kier alpha value is -3.67. The minimum absolute atomic E-state index is 0.132. The van der Waals surface area contributed by atoms with E-state index in [4.69, 9.17) is 4.74 Å². The summed E-state index contributed by atoms with van der Waals surface area (Å²) in [5.74, 6) is 0.200. The molecule has 1 aromatic heterocycles. The SMILES string of the molecule is CN(C)C(=O)c1cccc(Oc2ncccc2C(=O)NCc2ccccc2)c1. The Balaban J connectivity index is 1.76. The third kappa shape index (κ3) is 4.73. The fraction of sp³-hybridized carbons (Fsp3) is 0.136. The van der Waals surface area contributed by atoms with Crippen LogP contribution in [0.25, 0.3) is 0 Å². The van der Waals surface area contributed by atoms with E-state index < -0.39 is 0 Å². The quantitative estimate of drug-likeness (QED) is 0.716. The maximum absolute atomic E-state index is 12.6. The molecule has 3 rings (SSSR count). The van der Waals surface area contributed by atoms with Crippen molar-refractivity contribution < 1.29 is 14.3 Å². The lowest BCUT2D eigenvalue weighted by Crippen LogP contribution is -2.23. The van der Waals surface area contributed by atoms with Gasteiger partial charge in [0.25, 0.3) is 11.8 Å². The van der Waals surface area contributed by atoms with Gasteiger partial charge in [0.05, 0.1) is 0 Å². The molecule has 6 nitrogen and oxygen atoms in total. The van der Waals surface area contributed by atoms with Crippen LogP contribution < -0.4 is 10.1 Å². The number of carbonyl (C=O) groups excluding carboxylic acids is 2. The van der Waals surface area contributed by atoms with Crippen LogP contribution in [0.2, 0.25) is 0 Å². The van der Waals surface area contributed by atoms with Crippen LogP contribution in [0.1, 0.15) is 26.3 Å². The second-order valence-electron chi connectivity index (χ2n) is 6.35. The molecule has 0 saturated carbocycles. The third-order valence-corrected chi connectivity index (χ3v) is 4.01. The molecule has 0 aliphatic rings. The summed E-state index contributed by atoms with van der Waals surface area (Å²) < 4.78 is 5.81. The molecular weight excluding hydrogens is 354 g/mol. The van der Waals surface area contributed by atoms with Gasteiger partial charge >= 0.3 is 0 Å². The first kappa shape index (κ1) is 19.1. The van der Waals surface area contributed by atoms with Crippen molar-refractivity contribution in [1.82, 2.24) is 15.2 Å². The van der Waals surface area contributed by atoms with Crippen molar-refractivity contribution >= 4 is 11.8 Å². The Labute approximate surface area is 163 Å². The van der Waals surface area contributed by atoms with E-state index >= 15 is 0 Å². The van der Waals surface area contributed by atoms with E-state index in [-0.39, 0.29) is 17.7 Å². The largest absolute Gasteiger partial charge is 0.438 e. The van der Waals surface area contributed by atoms with Crippen LogP contribution in [0.3, 0.4) is 0 Å². The van der Waals surface area contributed by atoms with Gasteiger partial charge in [-0.25, -0.2) is 4.98 Å². The molecule has 2 amide bonds. The predicted molar refractivity (Wildman–Crippen MR) is 106 cm³/mol. The van der Waals surface area contributed by atoms with Crippen molar-refractivity contribution in [2.45, 2.75) is 6.54 Å². The maximum atomic E-state index is 12.6. The van der Waals surface area contributed by atoms with Crippen molar-refractivity contribution in [3.8, 4) is 11.6 Å². The topological polar surface area (TPSA) is 71.5 Å². The zero-order chi connectivity index (χ0) is 19.9. The summed E-state index contributed by atoms with van der Waals surface area (Å²) in [5.41, 5.74) is 1.81. The van der Waals surface area contributed by atoms with Gasteiger partial charge in [-0.05, 0) is 35.9 Å². The molecule has 0 unspecified atom stereocenters. The van der Waals surface area contributed by atoms with Crippen molar-refractivity contribution in [3.63, 3.8) is 0 Å². The summed E-state index contributed by atoms with van der Waals surface area (Å²) in [7, 11) is 3.37. The lowest BCUT2D eigenvalue weighted by atomic mass is 10.2. The number of pyridine rings is 1. The van der Waals surface area contributed by atoms with Gasteiger partial charge in [0.1, 0.15) is 11.3 Å². The molecule has 3 aromatic rings. The first-order chi connectivity index (χ1) is 13.5. The molecular formula is C22H21N3O3. The van der Waals surface area contributed by atoms with Crippen LogP contribution in [-0.2, 0) is 6.54 Å². The molecule has 0 aliphatic carbocycles. The number of nitrogens with one attached hydrogen (secondary N) is 1. The first-order valence-corrected chi connectivity index (χ1v) is 8.81. The first-order valence-electron chi connectivity index (χ1n) is 8.81. The van der Waals surface area contributed by atoms with Gasteiger partial charge in [0.15, 0.2) is 0 Å². The van der Waals surface area contributed by atoms with E-state index in [9.17, 15) is 9.59 Å². The smallest absolute Gasteiger partial charge is 0.257 e. The molecule has 0 spiro atoms. The molecule has 0 fully saturated rings. The zero-order valence-corrected chi connectivity index (χ0v) is 15.8. The number of rotatable bonds is 6. The van der Waals surface area contributed by atoms with Crippen molar-refractivity contribution in [2.24, 2.45) is 0 Å². The Kier molecular flexibility index (Phi) is 6.01. The molecule has 0 saturated heterocycles. The minimum atomic E-state index is -0.285. The number of ether oxygens (including phenoxy) is 1. The van der Waals surface area contributed by atoms with Crippen LogP contribution >= 0.6 is 0 Å². The molecule has 6 heteroatoms. The lowest BCUT2D eigenvalue weighted by Gasteiger charge is -2.13. The molecule has 28 heavy (non-hydrogen) atoms. The number of aromatic nitrogens is 1. The van der Waals surface area contributed by atoms with E-state index in [1.165, 1.54) is 4.90 Å². The Morgan fingerprint density at radius 1 is 1.00 bits per heavy atom. The number of hydrogen-bond acceptors (Lipinski definition) is 4. The van der Waals surface area contributed by atoms with Crippen LogP contribution in [0.5, 0.6) is 11.6 Å². The summed E-state index contributed by atoms with van der Waals surface area (Å²) in [4.78, 5) is 30.4. The minimum Gasteiger partial charge on any atom is -0.438 e. The Bertz CT molecular complexity index is 972. The molecule has 1 N–H and O–H groups in total. The molecule has 0 bridgehead atoms. The van der Waals surface area contributed by atoms with Gasteiger partial charge in [-0.1, -0.05) is 36.4 Å². The fourth-order valence-electron chi connectivity index (χ4n) is 2.58. The molecule has 1 heterocycles. The number of carbonyl (C=O) groups is 2. The Morgan fingerprint density at radius 2 is 1.79 bits per heavy atom. The normalized spacial score (nSPS) is 10.2. The summed E-state index contributed by atoms with van der Waals surface area (Å²) in [5, 5.41) is 2.87. The van der Waals surface area contributed by atoms with Gasteiger partial charge in [-0.3, -0.25) is 9.59 Å². The number of amides is 2. The van der Waals surface area contributed by atoms with E-state index in [1.54, 1.807) is 56.7 Å². The lowest BCUT2D eigenvalue weighted by molar-refractivity contribution is 0.0826. The highest BCUT2D eigenvalue weighted by Gasteiger charge is 2.15. The second-order valence-corrected chi connectivity index (χ2v) is 6.35. The van der Waals surface area contributed by atoms with Gasteiger partial charge in [-0.15, -0.1) is 0 Å². The average Bonchev–Trinajstić information content (AvgIpc) is 2.72. The maximum Gasteiger partial charge on any atom is 0.257 e. The highest BCUT2D eigenvalue weighted by molar-refractivity contribution is 5.96. The standard InChI is InChI=1S/C22H21N3O3/c1-25(2)22(27)17-10-6-11-18(14-17)28-21-19(12-7-13-23-21)20(26)24-15-16-8-4-3-5-9-16/h3-14H,15H2,1-2H3,(H,24,26). The van der Waals surface area contributed by atoms with Crippen LogP contribution in [0.4, 0.5) is 0 Å². The van der Waals surface area contributed by atoms with Gasteiger partial charge in [0.2, 0.25) is 5.88 Å². The molecule has 0 atom stereocenters. The predicted octanol–water partition coefficient (Wildman–Crippen LogP) is 3.51. The fourth-order valence-corrected chi connectivity index (χ4v) is 2.58. The van der Waals surface area contributed by atoms with Crippen molar-refractivity contribution in [3.05, 3.63) is 89.6 Å². The molecule has 142 valence electrons. The highest BCUT2D eigenvalue weighted by atomic mass is 16.5. The highest BCUT2D eigenvalue weighted by Crippen LogP contribution is 2.24. The van der Waals surface area contributed by atoms with Crippen LogP contribution in [-0.4, -0.2) is 35.8 Å². The van der Waals surface area contributed by atoms with E-state index in [0.29, 0.717) is 23.4 Å². The average molecular weight is 375 g/mol. The van der Waals surface area contributed by atoms with E-state index in [2.05, 4.69) is 10.3 Å². The van der Waals surface area contributed by atoms with E-state index in [1.807, 2.05) is 30.3 Å². The van der Waals surface area contributed by atoms with Crippen LogP contribution in [0, 0.1) is 0 Å². The second kappa shape index (κ2) is 8.81. The van der Waals surface area contributed by atoms with Crippen LogP contribution in [0.15, 0.2) is 72.9 Å². The van der Waals surface area contributed by atoms with Crippen molar-refractivity contribution in [1.29, 1.82) is 0 Å². The summed E-state index contributed by atoms with van der Waals surface area (Å²) in [6.45, 7) is 0.404. The summed E-state index contributed by atoms with van der Waals surface area (Å²) >= 11 is 0. The van der Waals surface area contributed by atoms with Gasteiger partial charge in [0, 0.05) is 32.4 Å². The third-order valence-electron chi connectivity index (χ3n) is 4.01.